The number of nitrogens with one attached hydrogen (secondary N) is 2. The Morgan fingerprint density at radius 3 is 2.31 bits per heavy atom. The zero-order chi connectivity index (χ0) is 26.3. The maximum absolute atomic E-state index is 13.3. The van der Waals surface area contributed by atoms with Gasteiger partial charge in [0.05, 0.1) is 24.3 Å². The van der Waals surface area contributed by atoms with Crippen LogP contribution in [0.1, 0.15) is 51.7 Å². The summed E-state index contributed by atoms with van der Waals surface area (Å²) in [5, 5.41) is 23.7. The summed E-state index contributed by atoms with van der Waals surface area (Å²) in [7, 11) is -2.61. The van der Waals surface area contributed by atoms with Crippen molar-refractivity contribution in [3.63, 3.8) is 0 Å². The van der Waals surface area contributed by atoms with Crippen LogP contribution in [-0.4, -0.2) is 71.1 Å². The molecule has 2 atom stereocenters. The van der Waals surface area contributed by atoms with Gasteiger partial charge in [-0.15, -0.1) is 0 Å². The van der Waals surface area contributed by atoms with Crippen molar-refractivity contribution in [1.29, 1.82) is 5.41 Å². The summed E-state index contributed by atoms with van der Waals surface area (Å²) in [5.74, 6) is -1.77. The Hall–Kier alpha value is -2.79. The fourth-order valence-corrected chi connectivity index (χ4v) is 5.23. The zero-order valence-corrected chi connectivity index (χ0v) is 21.5. The van der Waals surface area contributed by atoms with E-state index in [4.69, 9.17) is 25.0 Å². The highest BCUT2D eigenvalue weighted by Crippen LogP contribution is 2.54. The summed E-state index contributed by atoms with van der Waals surface area (Å²) in [6.45, 7) is 6.34. The lowest BCUT2D eigenvalue weighted by Crippen LogP contribution is -2.46. The number of oxime groups is 1. The molecule has 12 nitrogen and oxygen atoms in total. The standard InChI is InChI=1S/C22H34N5O7P/c1-13(2)33-35(31,34-14(3)4)27(5)19(22(29)30)12-25-20(28)11-17-10-18(26-32-17)15-6-8-16(9-7-15)21(23)24/h6-9,13-14,17,19H,10-12H2,1-5H3,(H3,23,24)(H,25,28)(H,29,30)/t17?,19-/m0/s1. The van der Waals surface area contributed by atoms with Crippen LogP contribution in [0.5, 0.6) is 0 Å². The molecule has 2 rings (SSSR count). The number of amides is 1. The van der Waals surface area contributed by atoms with E-state index in [0.717, 1.165) is 10.2 Å². The number of benzene rings is 1. The number of carbonyl (C=O) groups excluding carboxylic acids is 1. The summed E-state index contributed by atoms with van der Waals surface area (Å²) in [5.41, 5.74) is 7.49. The molecular weight excluding hydrogens is 477 g/mol. The molecule has 0 aromatic heterocycles. The predicted molar refractivity (Wildman–Crippen MR) is 130 cm³/mol. The number of carboxylic acids is 1. The Bertz CT molecular complexity index is 982. The van der Waals surface area contributed by atoms with Crippen LogP contribution in [0.25, 0.3) is 0 Å². The summed E-state index contributed by atoms with van der Waals surface area (Å²) in [6.07, 6.45) is -1.12. The first-order chi connectivity index (χ1) is 16.3. The highest BCUT2D eigenvalue weighted by Gasteiger charge is 2.41. The lowest BCUT2D eigenvalue weighted by atomic mass is 10.0. The lowest BCUT2D eigenvalue weighted by Gasteiger charge is -2.33. The first-order valence-electron chi connectivity index (χ1n) is 11.2. The lowest BCUT2D eigenvalue weighted by molar-refractivity contribution is -0.141. The minimum atomic E-state index is -3.94. The van der Waals surface area contributed by atoms with Gasteiger partial charge in [-0.2, -0.15) is 4.67 Å². The maximum atomic E-state index is 13.3. The molecule has 1 heterocycles. The molecule has 1 amide bonds. The molecule has 1 aromatic carbocycles. The third kappa shape index (κ3) is 8.14. The molecule has 0 saturated heterocycles. The fourth-order valence-electron chi connectivity index (χ4n) is 3.30. The first kappa shape index (κ1) is 28.4. The van der Waals surface area contributed by atoms with Gasteiger partial charge in [0.25, 0.3) is 0 Å². The van der Waals surface area contributed by atoms with Gasteiger partial charge in [0.1, 0.15) is 18.0 Å². The quantitative estimate of drug-likeness (QED) is 0.176. The van der Waals surface area contributed by atoms with E-state index in [0.29, 0.717) is 17.7 Å². The molecular formula is C22H34N5O7P. The second-order valence-corrected chi connectivity index (χ2v) is 10.7. The molecule has 0 fully saturated rings. The monoisotopic (exact) mass is 511 g/mol. The molecule has 1 unspecified atom stereocenters. The Labute approximate surface area is 204 Å². The highest BCUT2D eigenvalue weighted by atomic mass is 31.2. The minimum absolute atomic E-state index is 0.0380. The van der Waals surface area contributed by atoms with Crippen LogP contribution in [0.4, 0.5) is 0 Å². The molecule has 0 aliphatic carbocycles. The number of likely N-dealkylation sites (N-methyl/N-ethyl adjacent to an activating group) is 1. The van der Waals surface area contributed by atoms with E-state index < -0.39 is 44.0 Å². The number of nitrogens with zero attached hydrogens (tertiary/aromatic N) is 2. The van der Waals surface area contributed by atoms with Gasteiger partial charge in [0.2, 0.25) is 5.91 Å². The molecule has 0 saturated carbocycles. The van der Waals surface area contributed by atoms with Crippen molar-refractivity contribution in [2.75, 3.05) is 13.6 Å². The molecule has 0 radical (unpaired) electrons. The molecule has 13 heteroatoms. The van der Waals surface area contributed by atoms with E-state index in [1.807, 2.05) is 0 Å². The molecule has 35 heavy (non-hydrogen) atoms. The van der Waals surface area contributed by atoms with Crippen molar-refractivity contribution in [2.24, 2.45) is 10.9 Å². The van der Waals surface area contributed by atoms with Gasteiger partial charge in [0.15, 0.2) is 0 Å². The third-order valence-electron chi connectivity index (χ3n) is 4.98. The highest BCUT2D eigenvalue weighted by molar-refractivity contribution is 7.51. The normalized spacial score (nSPS) is 16.8. The van der Waals surface area contributed by atoms with Crippen molar-refractivity contribution in [1.82, 2.24) is 9.99 Å². The predicted octanol–water partition coefficient (Wildman–Crippen LogP) is 2.31. The molecule has 194 valence electrons. The van der Waals surface area contributed by atoms with Crippen molar-refractivity contribution < 1.29 is 33.1 Å². The van der Waals surface area contributed by atoms with Gasteiger partial charge in [-0.05, 0) is 40.3 Å². The van der Waals surface area contributed by atoms with E-state index in [-0.39, 0.29) is 18.8 Å². The maximum Gasteiger partial charge on any atom is 0.409 e. The number of carboxylic acid groups (broad SMARTS) is 1. The SMILES string of the molecule is CC(C)OP(=O)(OC(C)C)N(C)[C@@H](CNC(=O)CC1CC(c2ccc(C(=N)N)cc2)=NO1)C(=O)O. The second kappa shape index (κ2) is 12.3. The summed E-state index contributed by atoms with van der Waals surface area (Å²) < 4.78 is 25.2. The van der Waals surface area contributed by atoms with Gasteiger partial charge in [-0.1, -0.05) is 29.4 Å². The van der Waals surface area contributed by atoms with Crippen molar-refractivity contribution in [3.8, 4) is 0 Å². The van der Waals surface area contributed by atoms with Gasteiger partial charge >= 0.3 is 13.7 Å². The minimum Gasteiger partial charge on any atom is -0.480 e. The topological polar surface area (TPSA) is 177 Å². The Balaban J connectivity index is 1.95. The number of hydrogen-bond donors (Lipinski definition) is 4. The molecule has 5 N–H and O–H groups in total. The smallest absolute Gasteiger partial charge is 0.409 e. The molecule has 1 aliphatic rings. The zero-order valence-electron chi connectivity index (χ0n) is 20.6. The number of aliphatic carboxylic acids is 1. The molecule has 0 spiro atoms. The first-order valence-corrected chi connectivity index (χ1v) is 12.7. The van der Waals surface area contributed by atoms with Crippen LogP contribution < -0.4 is 11.1 Å². The van der Waals surface area contributed by atoms with Gasteiger partial charge in [-0.25, -0.2) is 4.57 Å². The van der Waals surface area contributed by atoms with E-state index in [9.17, 15) is 19.3 Å². The molecule has 1 aliphatic heterocycles. The van der Waals surface area contributed by atoms with E-state index in [1.54, 1.807) is 52.0 Å². The van der Waals surface area contributed by atoms with Crippen LogP contribution in [0.3, 0.4) is 0 Å². The van der Waals surface area contributed by atoms with Crippen LogP contribution in [0, 0.1) is 5.41 Å². The van der Waals surface area contributed by atoms with Crippen LogP contribution >= 0.6 is 7.75 Å². The Kier molecular flexibility index (Phi) is 9.96. The Morgan fingerprint density at radius 2 is 1.83 bits per heavy atom. The van der Waals surface area contributed by atoms with E-state index >= 15 is 0 Å². The molecule has 0 bridgehead atoms. The number of rotatable bonds is 13. The largest absolute Gasteiger partial charge is 0.480 e. The fraction of sp³-hybridized carbons (Fsp3) is 0.545. The van der Waals surface area contributed by atoms with Crippen LogP contribution in [0.2, 0.25) is 0 Å². The van der Waals surface area contributed by atoms with E-state index in [2.05, 4.69) is 10.5 Å². The van der Waals surface area contributed by atoms with Gasteiger partial charge in [0, 0.05) is 18.5 Å². The van der Waals surface area contributed by atoms with Gasteiger partial charge < -0.3 is 21.0 Å². The third-order valence-corrected chi connectivity index (χ3v) is 7.41. The van der Waals surface area contributed by atoms with Crippen LogP contribution in [0.15, 0.2) is 29.4 Å². The summed E-state index contributed by atoms with van der Waals surface area (Å²) >= 11 is 0. The molecule has 1 aromatic rings. The average Bonchev–Trinajstić information content (AvgIpc) is 3.20. The van der Waals surface area contributed by atoms with Crippen molar-refractivity contribution in [2.45, 2.75) is 64.9 Å². The number of nitrogen functional groups attached to an aromatic ring is 1. The van der Waals surface area contributed by atoms with Gasteiger partial charge in [-0.3, -0.25) is 24.0 Å². The number of hydrogen-bond acceptors (Lipinski definition) is 8. The number of amidine groups is 1. The number of carbonyl (C=O) groups is 2. The van der Waals surface area contributed by atoms with Crippen molar-refractivity contribution in [3.05, 3.63) is 35.4 Å². The second-order valence-electron chi connectivity index (χ2n) is 8.67. The average molecular weight is 512 g/mol. The van der Waals surface area contributed by atoms with E-state index in [1.165, 1.54) is 7.05 Å². The number of nitrogens with two attached hydrogens (primary N) is 1. The van der Waals surface area contributed by atoms with Crippen molar-refractivity contribution >= 4 is 31.2 Å². The summed E-state index contributed by atoms with van der Waals surface area (Å²) in [4.78, 5) is 29.7. The Morgan fingerprint density at radius 1 is 1.26 bits per heavy atom. The van der Waals surface area contributed by atoms with Crippen LogP contribution in [-0.2, 0) is 28.0 Å². The summed E-state index contributed by atoms with van der Waals surface area (Å²) in [6, 6.07) is 5.59.